The number of amides is 2. The molecule has 0 bridgehead atoms. The van der Waals surface area contributed by atoms with Crippen LogP contribution in [-0.4, -0.2) is 23.8 Å². The van der Waals surface area contributed by atoms with Crippen LogP contribution in [-0.2, 0) is 11.3 Å². The molecule has 0 radical (unpaired) electrons. The van der Waals surface area contributed by atoms with Crippen LogP contribution < -0.4 is 5.32 Å². The van der Waals surface area contributed by atoms with Gasteiger partial charge in [0.15, 0.2) is 4.67 Å². The molecule has 1 heterocycles. The molecule has 21 heavy (non-hydrogen) atoms. The van der Waals surface area contributed by atoms with Crippen molar-refractivity contribution in [1.82, 2.24) is 4.90 Å². The lowest BCUT2D eigenvalue weighted by atomic mass is 10.1. The number of nitrogens with one attached hydrogen (secondary N) is 1. The smallest absolute Gasteiger partial charge is 0.260 e. The Labute approximate surface area is 131 Å². The second kappa shape index (κ2) is 6.58. The summed E-state index contributed by atoms with van der Waals surface area (Å²) in [6.45, 7) is 1.93. The van der Waals surface area contributed by atoms with Gasteiger partial charge in [-0.1, -0.05) is 18.2 Å². The van der Waals surface area contributed by atoms with Crippen LogP contribution in [0.1, 0.15) is 22.8 Å². The number of nitrogens with zero attached hydrogens (tertiary/aromatic N) is 1. The SMILES string of the molecule is CC(=O)N(C)Cc1ccccc1NC(=O)c1ccoc1Br. The van der Waals surface area contributed by atoms with Gasteiger partial charge in [0.2, 0.25) is 5.91 Å². The largest absolute Gasteiger partial charge is 0.457 e. The number of furan rings is 1. The molecule has 0 aliphatic heterocycles. The van der Waals surface area contributed by atoms with Crippen LogP contribution in [0.3, 0.4) is 0 Å². The van der Waals surface area contributed by atoms with Gasteiger partial charge in [-0.3, -0.25) is 9.59 Å². The molecule has 0 unspecified atom stereocenters. The number of carbonyl (C=O) groups is 2. The van der Waals surface area contributed by atoms with Gasteiger partial charge in [-0.15, -0.1) is 0 Å². The summed E-state index contributed by atoms with van der Waals surface area (Å²) < 4.78 is 5.44. The monoisotopic (exact) mass is 350 g/mol. The maximum absolute atomic E-state index is 12.2. The molecular weight excluding hydrogens is 336 g/mol. The first-order valence-electron chi connectivity index (χ1n) is 6.33. The van der Waals surface area contributed by atoms with Crippen LogP contribution in [0.25, 0.3) is 0 Å². The number of carbonyl (C=O) groups excluding carboxylic acids is 2. The third-order valence-corrected chi connectivity index (χ3v) is 3.69. The van der Waals surface area contributed by atoms with Gasteiger partial charge >= 0.3 is 0 Å². The fraction of sp³-hybridized carbons (Fsp3) is 0.200. The summed E-state index contributed by atoms with van der Waals surface area (Å²) in [5.41, 5.74) is 1.96. The normalized spacial score (nSPS) is 10.2. The Morgan fingerprint density at radius 2 is 2.00 bits per heavy atom. The van der Waals surface area contributed by atoms with Crippen LogP contribution in [0, 0.1) is 0 Å². The van der Waals surface area contributed by atoms with E-state index in [0.717, 1.165) is 5.56 Å². The van der Waals surface area contributed by atoms with Gasteiger partial charge in [0.25, 0.3) is 5.91 Å². The minimum atomic E-state index is -0.270. The van der Waals surface area contributed by atoms with Gasteiger partial charge in [0.05, 0.1) is 11.8 Å². The lowest BCUT2D eigenvalue weighted by molar-refractivity contribution is -0.128. The number of hydrogen-bond acceptors (Lipinski definition) is 3. The van der Waals surface area contributed by atoms with Crippen LogP contribution in [0.5, 0.6) is 0 Å². The van der Waals surface area contributed by atoms with Crippen LogP contribution in [0.15, 0.2) is 45.7 Å². The molecule has 1 N–H and O–H groups in total. The summed E-state index contributed by atoms with van der Waals surface area (Å²) in [6, 6.07) is 8.96. The van der Waals surface area contributed by atoms with Crippen molar-refractivity contribution in [3.05, 3.63) is 52.4 Å². The van der Waals surface area contributed by atoms with E-state index in [0.29, 0.717) is 22.5 Å². The third kappa shape index (κ3) is 3.72. The molecule has 110 valence electrons. The van der Waals surface area contributed by atoms with E-state index in [-0.39, 0.29) is 11.8 Å². The van der Waals surface area contributed by atoms with Crippen molar-refractivity contribution in [2.45, 2.75) is 13.5 Å². The molecule has 0 saturated heterocycles. The Balaban J connectivity index is 2.19. The summed E-state index contributed by atoms with van der Waals surface area (Å²) in [4.78, 5) is 25.1. The van der Waals surface area contributed by atoms with Crippen molar-refractivity contribution in [1.29, 1.82) is 0 Å². The Hall–Kier alpha value is -2.08. The molecule has 1 aromatic heterocycles. The molecule has 5 nitrogen and oxygen atoms in total. The van der Waals surface area contributed by atoms with E-state index in [1.807, 2.05) is 18.2 Å². The molecule has 0 atom stereocenters. The summed E-state index contributed by atoms with van der Waals surface area (Å²) >= 11 is 3.18. The van der Waals surface area contributed by atoms with Crippen LogP contribution >= 0.6 is 15.9 Å². The topological polar surface area (TPSA) is 62.6 Å². The Morgan fingerprint density at radius 1 is 1.29 bits per heavy atom. The van der Waals surface area contributed by atoms with E-state index in [9.17, 15) is 9.59 Å². The molecule has 0 aliphatic carbocycles. The van der Waals surface area contributed by atoms with Gasteiger partial charge < -0.3 is 14.6 Å². The highest BCUT2D eigenvalue weighted by molar-refractivity contribution is 9.10. The van der Waals surface area contributed by atoms with Gasteiger partial charge in [-0.2, -0.15) is 0 Å². The van der Waals surface area contributed by atoms with E-state index < -0.39 is 0 Å². The highest BCUT2D eigenvalue weighted by Gasteiger charge is 2.15. The number of hydrogen-bond donors (Lipinski definition) is 1. The predicted octanol–water partition coefficient (Wildman–Crippen LogP) is 3.27. The zero-order valence-electron chi connectivity index (χ0n) is 11.7. The average molecular weight is 351 g/mol. The first kappa shape index (κ1) is 15.3. The van der Waals surface area contributed by atoms with E-state index in [1.54, 1.807) is 24.1 Å². The zero-order chi connectivity index (χ0) is 15.4. The number of benzene rings is 1. The standard InChI is InChI=1S/C15H15BrN2O3/c1-10(19)18(2)9-11-5-3-4-6-13(11)17-15(20)12-7-8-21-14(12)16/h3-8H,9H2,1-2H3,(H,17,20). The molecule has 2 rings (SSSR count). The summed E-state index contributed by atoms with van der Waals surface area (Å²) in [5, 5.41) is 2.83. The number of anilines is 1. The highest BCUT2D eigenvalue weighted by Crippen LogP contribution is 2.21. The lowest BCUT2D eigenvalue weighted by Crippen LogP contribution is -2.24. The Bertz CT molecular complexity index is 666. The van der Waals surface area contributed by atoms with E-state index in [1.165, 1.54) is 13.2 Å². The minimum Gasteiger partial charge on any atom is -0.457 e. The first-order valence-corrected chi connectivity index (χ1v) is 7.12. The fourth-order valence-electron chi connectivity index (χ4n) is 1.79. The van der Waals surface area contributed by atoms with Crippen molar-refractivity contribution >= 4 is 33.4 Å². The van der Waals surface area contributed by atoms with E-state index >= 15 is 0 Å². The Kier molecular flexibility index (Phi) is 4.80. The van der Waals surface area contributed by atoms with Crippen molar-refractivity contribution in [3.63, 3.8) is 0 Å². The van der Waals surface area contributed by atoms with E-state index in [4.69, 9.17) is 4.42 Å². The number of rotatable bonds is 4. The first-order chi connectivity index (χ1) is 9.99. The highest BCUT2D eigenvalue weighted by atomic mass is 79.9. The van der Waals surface area contributed by atoms with Gasteiger partial charge in [-0.25, -0.2) is 0 Å². The van der Waals surface area contributed by atoms with Crippen molar-refractivity contribution < 1.29 is 14.0 Å². The van der Waals surface area contributed by atoms with Crippen LogP contribution in [0.2, 0.25) is 0 Å². The number of para-hydroxylation sites is 1. The summed E-state index contributed by atoms with van der Waals surface area (Å²) in [6.07, 6.45) is 1.44. The molecule has 1 aromatic carbocycles. The summed E-state index contributed by atoms with van der Waals surface area (Å²) in [5.74, 6) is -0.303. The molecule has 0 fully saturated rings. The third-order valence-electron chi connectivity index (χ3n) is 3.07. The maximum Gasteiger partial charge on any atom is 0.260 e. The van der Waals surface area contributed by atoms with Crippen molar-refractivity contribution in [2.24, 2.45) is 0 Å². The lowest BCUT2D eigenvalue weighted by Gasteiger charge is -2.17. The molecule has 2 aromatic rings. The molecule has 0 spiro atoms. The molecule has 0 aliphatic rings. The summed E-state index contributed by atoms with van der Waals surface area (Å²) in [7, 11) is 1.72. The second-order valence-electron chi connectivity index (χ2n) is 4.59. The quantitative estimate of drug-likeness (QED) is 0.920. The molecule has 6 heteroatoms. The molecular formula is C15H15BrN2O3. The zero-order valence-corrected chi connectivity index (χ0v) is 13.3. The minimum absolute atomic E-state index is 0.0336. The molecule has 0 saturated carbocycles. The van der Waals surface area contributed by atoms with Gasteiger partial charge in [0.1, 0.15) is 0 Å². The predicted molar refractivity (Wildman–Crippen MR) is 83.0 cm³/mol. The maximum atomic E-state index is 12.2. The number of halogens is 1. The van der Waals surface area contributed by atoms with E-state index in [2.05, 4.69) is 21.2 Å². The van der Waals surface area contributed by atoms with Gasteiger partial charge in [0, 0.05) is 26.2 Å². The molecule has 2 amide bonds. The average Bonchev–Trinajstić information content (AvgIpc) is 2.87. The van der Waals surface area contributed by atoms with Crippen molar-refractivity contribution in [2.75, 3.05) is 12.4 Å². The van der Waals surface area contributed by atoms with Crippen LogP contribution in [0.4, 0.5) is 5.69 Å². The fourth-order valence-corrected chi connectivity index (χ4v) is 2.21. The van der Waals surface area contributed by atoms with Crippen molar-refractivity contribution in [3.8, 4) is 0 Å². The van der Waals surface area contributed by atoms with Gasteiger partial charge in [-0.05, 0) is 33.6 Å². The second-order valence-corrected chi connectivity index (χ2v) is 5.31. The Morgan fingerprint density at radius 3 is 2.62 bits per heavy atom.